The summed E-state index contributed by atoms with van der Waals surface area (Å²) < 4.78 is 0.277. The Kier molecular flexibility index (Phi) is 3.05. The van der Waals surface area contributed by atoms with E-state index in [0.29, 0.717) is 10.4 Å². The number of carbonyl (C=O) groups is 1. The summed E-state index contributed by atoms with van der Waals surface area (Å²) in [7, 11) is 0. The van der Waals surface area contributed by atoms with E-state index in [1.54, 1.807) is 24.3 Å². The van der Waals surface area contributed by atoms with Crippen LogP contribution in [0.1, 0.15) is 15.2 Å². The van der Waals surface area contributed by atoms with Crippen molar-refractivity contribution in [3.63, 3.8) is 0 Å². The zero-order chi connectivity index (χ0) is 10.8. The van der Waals surface area contributed by atoms with Gasteiger partial charge < -0.3 is 0 Å². The summed E-state index contributed by atoms with van der Waals surface area (Å²) in [5.74, 6) is -0.148. The van der Waals surface area contributed by atoms with E-state index in [-0.39, 0.29) is 15.4 Å². The Labute approximate surface area is 100 Å². The Morgan fingerprint density at radius 1 is 1.20 bits per heavy atom. The van der Waals surface area contributed by atoms with E-state index in [9.17, 15) is 4.79 Å². The van der Waals surface area contributed by atoms with Crippen LogP contribution in [0.25, 0.3) is 0 Å². The van der Waals surface area contributed by atoms with Gasteiger partial charge >= 0.3 is 0 Å². The third-order valence-corrected chi connectivity index (χ3v) is 3.35. The van der Waals surface area contributed by atoms with Gasteiger partial charge in [0, 0.05) is 5.56 Å². The zero-order valence-corrected chi connectivity index (χ0v) is 9.73. The predicted molar refractivity (Wildman–Crippen MR) is 62.0 cm³/mol. The maximum absolute atomic E-state index is 11.9. The Morgan fingerprint density at radius 2 is 1.87 bits per heavy atom. The van der Waals surface area contributed by atoms with E-state index in [1.165, 1.54) is 0 Å². The second-order valence-electron chi connectivity index (χ2n) is 2.78. The molecule has 0 N–H and O–H groups in total. The van der Waals surface area contributed by atoms with Crippen molar-refractivity contribution in [2.75, 3.05) is 0 Å². The van der Waals surface area contributed by atoms with Crippen LogP contribution in [0, 0.1) is 0 Å². The number of rotatable bonds is 2. The molecule has 0 fully saturated rings. The monoisotopic (exact) mass is 257 g/mol. The van der Waals surface area contributed by atoms with Gasteiger partial charge in [0.25, 0.3) is 0 Å². The van der Waals surface area contributed by atoms with Gasteiger partial charge in [-0.25, -0.2) is 4.98 Å². The largest absolute Gasteiger partial charge is 0.288 e. The molecule has 15 heavy (non-hydrogen) atoms. The fraction of sp³-hybridized carbons (Fsp3) is 0. The molecule has 1 aromatic carbocycles. The second-order valence-corrected chi connectivity index (χ2v) is 4.72. The molecular formula is C10H5Cl2NOS. The van der Waals surface area contributed by atoms with Gasteiger partial charge in [-0.05, 0) is 0 Å². The third-order valence-electron chi connectivity index (χ3n) is 1.80. The topological polar surface area (TPSA) is 30.0 Å². The molecule has 0 spiro atoms. The lowest BCUT2D eigenvalue weighted by Gasteiger charge is -1.96. The molecule has 5 heteroatoms. The SMILES string of the molecule is O=C(c1ccccc1)c1sc(Cl)nc1Cl. The highest BCUT2D eigenvalue weighted by Crippen LogP contribution is 2.28. The Bertz CT molecular complexity index is 495. The molecule has 0 saturated carbocycles. The molecule has 0 aliphatic carbocycles. The fourth-order valence-electron chi connectivity index (χ4n) is 1.14. The summed E-state index contributed by atoms with van der Waals surface area (Å²) in [5.41, 5.74) is 0.583. The van der Waals surface area contributed by atoms with E-state index in [4.69, 9.17) is 23.2 Å². The van der Waals surface area contributed by atoms with Gasteiger partial charge in [-0.15, -0.1) is 0 Å². The summed E-state index contributed by atoms with van der Waals surface area (Å²) in [4.78, 5) is 16.1. The second kappa shape index (κ2) is 4.31. The lowest BCUT2D eigenvalue weighted by atomic mass is 10.1. The van der Waals surface area contributed by atoms with Crippen molar-refractivity contribution in [1.29, 1.82) is 0 Å². The molecule has 76 valence electrons. The molecule has 0 amide bonds. The average molecular weight is 258 g/mol. The number of benzene rings is 1. The smallest absolute Gasteiger partial charge is 0.206 e. The summed E-state index contributed by atoms with van der Waals surface area (Å²) in [6.45, 7) is 0. The fourth-order valence-corrected chi connectivity index (χ4v) is 2.48. The number of hydrogen-bond acceptors (Lipinski definition) is 3. The first-order valence-corrected chi connectivity index (χ1v) is 5.67. The van der Waals surface area contributed by atoms with E-state index in [0.717, 1.165) is 11.3 Å². The standard InChI is InChI=1S/C10H5Cl2NOS/c11-9-8(15-10(12)13-9)7(14)6-4-2-1-3-5-6/h1-5H. The molecule has 0 aliphatic rings. The average Bonchev–Trinajstić information content (AvgIpc) is 2.58. The number of nitrogens with zero attached hydrogens (tertiary/aromatic N) is 1. The minimum Gasteiger partial charge on any atom is -0.288 e. The molecule has 2 nitrogen and oxygen atoms in total. The van der Waals surface area contributed by atoms with Gasteiger partial charge in [0.2, 0.25) is 5.78 Å². The first-order valence-electron chi connectivity index (χ1n) is 4.10. The van der Waals surface area contributed by atoms with E-state index < -0.39 is 0 Å². The highest BCUT2D eigenvalue weighted by molar-refractivity contribution is 7.18. The molecule has 0 unspecified atom stereocenters. The van der Waals surface area contributed by atoms with Gasteiger partial charge in [0.1, 0.15) is 4.88 Å². The maximum atomic E-state index is 11.9. The van der Waals surface area contributed by atoms with Gasteiger partial charge in [0.15, 0.2) is 9.62 Å². The van der Waals surface area contributed by atoms with Crippen molar-refractivity contribution in [2.24, 2.45) is 0 Å². The molecule has 1 aromatic heterocycles. The quantitative estimate of drug-likeness (QED) is 0.769. The van der Waals surface area contributed by atoms with Crippen LogP contribution < -0.4 is 0 Å². The van der Waals surface area contributed by atoms with Crippen molar-refractivity contribution >= 4 is 40.3 Å². The van der Waals surface area contributed by atoms with Gasteiger partial charge in [-0.1, -0.05) is 64.9 Å². The van der Waals surface area contributed by atoms with Crippen molar-refractivity contribution in [3.8, 4) is 0 Å². The summed E-state index contributed by atoms with van der Waals surface area (Å²) in [6, 6.07) is 8.89. The van der Waals surface area contributed by atoms with Gasteiger partial charge in [0.05, 0.1) is 0 Å². The third kappa shape index (κ3) is 2.20. The Hall–Kier alpha value is -0.900. The highest BCUT2D eigenvalue weighted by atomic mass is 35.5. The van der Waals surface area contributed by atoms with Gasteiger partial charge in [-0.3, -0.25) is 4.79 Å². The number of ketones is 1. The summed E-state index contributed by atoms with van der Waals surface area (Å²) in [6.07, 6.45) is 0. The van der Waals surface area contributed by atoms with E-state index >= 15 is 0 Å². The molecule has 2 aromatic rings. The van der Waals surface area contributed by atoms with Gasteiger partial charge in [-0.2, -0.15) is 0 Å². The van der Waals surface area contributed by atoms with Crippen LogP contribution in [0.5, 0.6) is 0 Å². The Morgan fingerprint density at radius 3 is 2.40 bits per heavy atom. The first-order chi connectivity index (χ1) is 7.18. The molecule has 0 bridgehead atoms. The first kappa shape index (κ1) is 10.6. The van der Waals surface area contributed by atoms with Crippen molar-refractivity contribution < 1.29 is 4.79 Å². The van der Waals surface area contributed by atoms with Crippen molar-refractivity contribution in [3.05, 3.63) is 50.4 Å². The number of hydrogen-bond donors (Lipinski definition) is 0. The minimum absolute atomic E-state index is 0.148. The molecule has 2 rings (SSSR count). The van der Waals surface area contributed by atoms with Crippen molar-refractivity contribution in [2.45, 2.75) is 0 Å². The molecule has 0 radical (unpaired) electrons. The van der Waals surface area contributed by atoms with Crippen LogP contribution in [0.15, 0.2) is 30.3 Å². The predicted octanol–water partition coefficient (Wildman–Crippen LogP) is 3.68. The lowest BCUT2D eigenvalue weighted by Crippen LogP contribution is -1.98. The summed E-state index contributed by atoms with van der Waals surface area (Å²) in [5, 5.41) is 0.166. The van der Waals surface area contributed by atoms with E-state index in [1.807, 2.05) is 6.07 Å². The molecular weight excluding hydrogens is 253 g/mol. The molecule has 0 saturated heterocycles. The van der Waals surface area contributed by atoms with Crippen LogP contribution in [0.4, 0.5) is 0 Å². The van der Waals surface area contributed by atoms with Crippen LogP contribution >= 0.6 is 34.5 Å². The van der Waals surface area contributed by atoms with Crippen LogP contribution in [0.3, 0.4) is 0 Å². The van der Waals surface area contributed by atoms with Crippen LogP contribution in [0.2, 0.25) is 9.62 Å². The van der Waals surface area contributed by atoms with Crippen LogP contribution in [-0.2, 0) is 0 Å². The molecule has 0 atom stereocenters. The Balaban J connectivity index is 2.41. The lowest BCUT2D eigenvalue weighted by molar-refractivity contribution is 0.104. The molecule has 1 heterocycles. The number of carbonyl (C=O) groups excluding carboxylic acids is 1. The van der Waals surface area contributed by atoms with Crippen LogP contribution in [-0.4, -0.2) is 10.8 Å². The zero-order valence-electron chi connectivity index (χ0n) is 7.41. The number of halogens is 2. The normalized spacial score (nSPS) is 10.3. The number of aromatic nitrogens is 1. The van der Waals surface area contributed by atoms with E-state index in [2.05, 4.69) is 4.98 Å². The number of thiazole rings is 1. The highest BCUT2D eigenvalue weighted by Gasteiger charge is 2.17. The molecule has 0 aliphatic heterocycles. The summed E-state index contributed by atoms with van der Waals surface area (Å²) >= 11 is 12.5. The maximum Gasteiger partial charge on any atom is 0.206 e. The van der Waals surface area contributed by atoms with Crippen molar-refractivity contribution in [1.82, 2.24) is 4.98 Å². The minimum atomic E-state index is -0.148.